The highest BCUT2D eigenvalue weighted by Gasteiger charge is 2.23. The van der Waals surface area contributed by atoms with Crippen molar-refractivity contribution in [3.8, 4) is 0 Å². The van der Waals surface area contributed by atoms with Crippen LogP contribution in [0.2, 0.25) is 0 Å². The van der Waals surface area contributed by atoms with Crippen LogP contribution in [0, 0.1) is 13.8 Å². The van der Waals surface area contributed by atoms with Crippen molar-refractivity contribution in [2.45, 2.75) is 79.4 Å². The van der Waals surface area contributed by atoms with Crippen LogP contribution < -0.4 is 0 Å². The van der Waals surface area contributed by atoms with Gasteiger partial charge < -0.3 is 14.7 Å². The van der Waals surface area contributed by atoms with Crippen LogP contribution in [-0.4, -0.2) is 62.7 Å². The lowest BCUT2D eigenvalue weighted by Crippen LogP contribution is -2.42. The second-order valence-electron chi connectivity index (χ2n) is 13.5. The molecule has 1 N–H and O–H groups in total. The summed E-state index contributed by atoms with van der Waals surface area (Å²) in [6, 6.07) is 34.1. The first-order valence-electron chi connectivity index (χ1n) is 16.7. The van der Waals surface area contributed by atoms with Crippen molar-refractivity contribution in [2.24, 2.45) is 0 Å². The molecule has 4 rings (SSSR count). The van der Waals surface area contributed by atoms with E-state index in [1.54, 1.807) is 4.90 Å². The average Bonchev–Trinajstić information content (AvgIpc) is 3.01. The third-order valence-corrected chi connectivity index (χ3v) is 7.79. The number of hydrogen-bond acceptors (Lipinski definition) is 6. The summed E-state index contributed by atoms with van der Waals surface area (Å²) < 4.78 is 5.69. The van der Waals surface area contributed by atoms with E-state index in [2.05, 4.69) is 115 Å². The van der Waals surface area contributed by atoms with Gasteiger partial charge in [0.15, 0.2) is 0 Å². The van der Waals surface area contributed by atoms with Crippen molar-refractivity contribution in [3.05, 3.63) is 136 Å². The molecule has 4 aromatic rings. The number of aryl methyl sites for hydroxylation is 2. The highest BCUT2D eigenvalue weighted by Crippen LogP contribution is 2.17. The number of aliphatic hydroxyl groups excluding tert-OH is 1. The van der Waals surface area contributed by atoms with E-state index in [-0.39, 0.29) is 12.7 Å². The van der Waals surface area contributed by atoms with Gasteiger partial charge in [-0.15, -0.1) is 0 Å². The van der Waals surface area contributed by atoms with E-state index in [1.807, 2.05) is 26.8 Å². The number of amides is 1. The molecule has 0 atom stereocenters. The zero-order valence-corrected chi connectivity index (χ0v) is 28.9. The van der Waals surface area contributed by atoms with E-state index >= 15 is 0 Å². The number of aromatic nitrogens is 1. The standard InChI is InChI=1S/C40H52N4O3/c1-32-13-9-17-35(25-32)28-43(29-36-18-10-14-33(2)26-36)31-38-20-11-19-37(41-38)30-42(27-34-15-7-6-8-16-34)22-23-44(21-12-24-45)39(46)47-40(3,4)5/h6-11,13-20,25-26,45H,12,21-24,27-31H2,1-5H3. The van der Waals surface area contributed by atoms with Crippen molar-refractivity contribution < 1.29 is 14.6 Å². The smallest absolute Gasteiger partial charge is 0.410 e. The third-order valence-electron chi connectivity index (χ3n) is 7.79. The summed E-state index contributed by atoms with van der Waals surface area (Å²) in [5, 5.41) is 9.47. The monoisotopic (exact) mass is 636 g/mol. The summed E-state index contributed by atoms with van der Waals surface area (Å²) in [4.78, 5) is 24.7. The van der Waals surface area contributed by atoms with Gasteiger partial charge in [-0.05, 0) is 69.9 Å². The second kappa shape index (κ2) is 17.8. The minimum absolute atomic E-state index is 0.0223. The number of carbonyl (C=O) groups is 1. The van der Waals surface area contributed by atoms with Gasteiger partial charge in [0.25, 0.3) is 0 Å². The van der Waals surface area contributed by atoms with Gasteiger partial charge in [0.2, 0.25) is 0 Å². The number of hydrogen-bond donors (Lipinski definition) is 1. The zero-order valence-electron chi connectivity index (χ0n) is 28.9. The number of pyridine rings is 1. The van der Waals surface area contributed by atoms with E-state index in [9.17, 15) is 9.90 Å². The maximum absolute atomic E-state index is 13.0. The van der Waals surface area contributed by atoms with Crippen molar-refractivity contribution in [2.75, 3.05) is 26.2 Å². The Balaban J connectivity index is 1.52. The fourth-order valence-corrected chi connectivity index (χ4v) is 5.67. The van der Waals surface area contributed by atoms with Crippen molar-refractivity contribution in [1.82, 2.24) is 19.7 Å². The minimum atomic E-state index is -0.588. The molecule has 0 aliphatic rings. The van der Waals surface area contributed by atoms with E-state index < -0.39 is 5.60 Å². The number of ether oxygens (including phenoxy) is 1. The summed E-state index contributed by atoms with van der Waals surface area (Å²) in [6.45, 7) is 15.2. The Hall–Kier alpha value is -4.04. The summed E-state index contributed by atoms with van der Waals surface area (Å²) in [5.41, 5.74) is 7.73. The fraction of sp³-hybridized carbons (Fsp3) is 0.400. The molecule has 250 valence electrons. The van der Waals surface area contributed by atoms with Crippen molar-refractivity contribution in [3.63, 3.8) is 0 Å². The summed E-state index contributed by atoms with van der Waals surface area (Å²) in [5.74, 6) is 0. The molecular weight excluding hydrogens is 584 g/mol. The van der Waals surface area contributed by atoms with Crippen LogP contribution in [0.15, 0.2) is 97.1 Å². The summed E-state index contributed by atoms with van der Waals surface area (Å²) in [7, 11) is 0. The third kappa shape index (κ3) is 12.9. The van der Waals surface area contributed by atoms with Crippen LogP contribution in [-0.2, 0) is 37.5 Å². The van der Waals surface area contributed by atoms with Gasteiger partial charge >= 0.3 is 6.09 Å². The maximum Gasteiger partial charge on any atom is 0.410 e. The highest BCUT2D eigenvalue weighted by atomic mass is 16.6. The lowest BCUT2D eigenvalue weighted by Gasteiger charge is -2.30. The Labute approximate surface area is 281 Å². The molecule has 1 amide bonds. The first-order valence-corrected chi connectivity index (χ1v) is 16.7. The quantitative estimate of drug-likeness (QED) is 0.137. The number of rotatable bonds is 16. The average molecular weight is 637 g/mol. The van der Waals surface area contributed by atoms with E-state index in [0.717, 1.165) is 37.6 Å². The molecule has 0 saturated carbocycles. The van der Waals surface area contributed by atoms with Crippen molar-refractivity contribution in [1.29, 1.82) is 0 Å². The molecule has 0 radical (unpaired) electrons. The van der Waals surface area contributed by atoms with E-state index in [1.165, 1.54) is 27.8 Å². The Morgan fingerprint density at radius 3 is 1.74 bits per heavy atom. The Morgan fingerprint density at radius 1 is 0.660 bits per heavy atom. The van der Waals surface area contributed by atoms with Crippen LogP contribution in [0.4, 0.5) is 4.79 Å². The molecule has 0 unspecified atom stereocenters. The first kappa shape index (κ1) is 35.8. The van der Waals surface area contributed by atoms with E-state index in [4.69, 9.17) is 9.72 Å². The first-order chi connectivity index (χ1) is 22.6. The van der Waals surface area contributed by atoms with E-state index in [0.29, 0.717) is 32.6 Å². The number of benzene rings is 3. The molecule has 7 nitrogen and oxygen atoms in total. The van der Waals surface area contributed by atoms with Crippen LogP contribution in [0.5, 0.6) is 0 Å². The molecule has 0 bridgehead atoms. The van der Waals surface area contributed by atoms with Crippen LogP contribution in [0.1, 0.15) is 66.4 Å². The molecule has 1 aromatic heterocycles. The molecule has 0 aliphatic carbocycles. The lowest BCUT2D eigenvalue weighted by molar-refractivity contribution is 0.0219. The molecule has 0 spiro atoms. The Kier molecular flexibility index (Phi) is 13.5. The second-order valence-corrected chi connectivity index (χ2v) is 13.5. The van der Waals surface area contributed by atoms with Gasteiger partial charge in [-0.2, -0.15) is 0 Å². The number of nitrogens with zero attached hydrogens (tertiary/aromatic N) is 4. The zero-order chi connectivity index (χ0) is 33.6. The fourth-order valence-electron chi connectivity index (χ4n) is 5.67. The summed E-state index contributed by atoms with van der Waals surface area (Å²) >= 11 is 0. The lowest BCUT2D eigenvalue weighted by atomic mass is 10.1. The molecule has 0 fully saturated rings. The van der Waals surface area contributed by atoms with Crippen molar-refractivity contribution >= 4 is 6.09 Å². The predicted molar refractivity (Wildman–Crippen MR) is 190 cm³/mol. The minimum Gasteiger partial charge on any atom is -0.444 e. The topological polar surface area (TPSA) is 69.1 Å². The molecule has 47 heavy (non-hydrogen) atoms. The summed E-state index contributed by atoms with van der Waals surface area (Å²) in [6.07, 6.45) is 0.149. The molecular formula is C40H52N4O3. The molecule has 7 heteroatoms. The Bertz CT molecular complexity index is 1490. The highest BCUT2D eigenvalue weighted by molar-refractivity contribution is 5.68. The van der Waals surface area contributed by atoms with Gasteiger partial charge in [0.05, 0.1) is 11.4 Å². The van der Waals surface area contributed by atoms with Gasteiger partial charge in [-0.1, -0.05) is 96.1 Å². The Morgan fingerprint density at radius 2 is 1.19 bits per heavy atom. The molecule has 1 heterocycles. The van der Waals surface area contributed by atoms with Gasteiger partial charge in [-0.3, -0.25) is 14.8 Å². The van der Waals surface area contributed by atoms with Gasteiger partial charge in [-0.25, -0.2) is 4.79 Å². The SMILES string of the molecule is Cc1cccc(CN(Cc2cccc(C)c2)Cc2cccc(CN(CCN(CCCO)C(=O)OC(C)(C)C)Cc3ccccc3)n2)c1. The van der Waals surface area contributed by atoms with Crippen LogP contribution in [0.25, 0.3) is 0 Å². The molecule has 0 aliphatic heterocycles. The number of aliphatic hydroxyl groups is 1. The molecule has 0 saturated heterocycles. The number of carbonyl (C=O) groups excluding carboxylic acids is 1. The van der Waals surface area contributed by atoms with Crippen LogP contribution >= 0.6 is 0 Å². The largest absolute Gasteiger partial charge is 0.444 e. The normalized spacial score (nSPS) is 11.7. The van der Waals surface area contributed by atoms with Gasteiger partial charge in [0.1, 0.15) is 5.60 Å². The maximum atomic E-state index is 13.0. The van der Waals surface area contributed by atoms with Crippen LogP contribution in [0.3, 0.4) is 0 Å². The van der Waals surface area contributed by atoms with Gasteiger partial charge in [0, 0.05) is 59.0 Å². The molecule has 3 aromatic carbocycles. The predicted octanol–water partition coefficient (Wildman–Crippen LogP) is 7.52.